The van der Waals surface area contributed by atoms with Crippen LogP contribution in [-0.4, -0.2) is 17.0 Å². The molecule has 0 aliphatic rings. The van der Waals surface area contributed by atoms with Crippen LogP contribution in [-0.2, 0) is 0 Å². The highest BCUT2D eigenvalue weighted by molar-refractivity contribution is 9.10. The van der Waals surface area contributed by atoms with E-state index < -0.39 is 0 Å². The molecule has 6 heteroatoms. The molecule has 1 heterocycles. The summed E-state index contributed by atoms with van der Waals surface area (Å²) in [6.45, 7) is 3.72. The number of rotatable bonds is 3. The summed E-state index contributed by atoms with van der Waals surface area (Å²) in [5.41, 5.74) is 1.51. The second-order valence-electron chi connectivity index (χ2n) is 4.09. The molecule has 0 radical (unpaired) electrons. The maximum atomic E-state index is 13.3. The highest BCUT2D eigenvalue weighted by Gasteiger charge is 2.10. The monoisotopic (exact) mass is 324 g/mol. The Morgan fingerprint density at radius 2 is 1.84 bits per heavy atom. The molecule has 100 valence electrons. The number of anilines is 3. The second kappa shape index (κ2) is 5.52. The van der Waals surface area contributed by atoms with Crippen molar-refractivity contribution in [3.63, 3.8) is 0 Å². The van der Waals surface area contributed by atoms with Crippen LogP contribution in [0.5, 0.6) is 0 Å². The maximum Gasteiger partial charge on any atom is 0.139 e. The van der Waals surface area contributed by atoms with Gasteiger partial charge < -0.3 is 10.6 Å². The van der Waals surface area contributed by atoms with Crippen molar-refractivity contribution in [2.24, 2.45) is 0 Å². The normalized spacial score (nSPS) is 10.4. The summed E-state index contributed by atoms with van der Waals surface area (Å²) >= 11 is 3.38. The van der Waals surface area contributed by atoms with Crippen molar-refractivity contribution in [2.75, 3.05) is 17.7 Å². The number of nitrogens with zero attached hydrogens (tertiary/aromatic N) is 2. The van der Waals surface area contributed by atoms with E-state index in [4.69, 9.17) is 0 Å². The number of halogens is 2. The van der Waals surface area contributed by atoms with E-state index in [0.717, 1.165) is 15.9 Å². The molecule has 0 saturated heterocycles. The van der Waals surface area contributed by atoms with Gasteiger partial charge in [0.25, 0.3) is 0 Å². The lowest BCUT2D eigenvalue weighted by Crippen LogP contribution is -2.05. The number of benzene rings is 1. The molecule has 1 aromatic heterocycles. The largest absolute Gasteiger partial charge is 0.373 e. The zero-order valence-electron chi connectivity index (χ0n) is 10.9. The van der Waals surface area contributed by atoms with Crippen molar-refractivity contribution in [3.05, 3.63) is 39.9 Å². The fourth-order valence-corrected chi connectivity index (χ4v) is 2.06. The van der Waals surface area contributed by atoms with Gasteiger partial charge >= 0.3 is 0 Å². The molecule has 2 aromatic rings. The lowest BCUT2D eigenvalue weighted by molar-refractivity contribution is 0.628. The molecule has 0 atom stereocenters. The molecule has 2 rings (SSSR count). The van der Waals surface area contributed by atoms with Crippen molar-refractivity contribution >= 4 is 33.3 Å². The third kappa shape index (κ3) is 3.01. The van der Waals surface area contributed by atoms with Crippen molar-refractivity contribution in [1.29, 1.82) is 0 Å². The SMILES string of the molecule is CNc1nc(C)nc(Nc2cc(F)ccc2Br)c1C. The van der Waals surface area contributed by atoms with Crippen molar-refractivity contribution in [3.8, 4) is 0 Å². The smallest absolute Gasteiger partial charge is 0.139 e. The third-order valence-corrected chi connectivity index (χ3v) is 3.37. The molecule has 0 aliphatic carbocycles. The minimum Gasteiger partial charge on any atom is -0.373 e. The van der Waals surface area contributed by atoms with Crippen LogP contribution in [0.25, 0.3) is 0 Å². The molecule has 19 heavy (non-hydrogen) atoms. The van der Waals surface area contributed by atoms with E-state index in [2.05, 4.69) is 36.5 Å². The Kier molecular flexibility index (Phi) is 3.99. The number of nitrogens with one attached hydrogen (secondary N) is 2. The summed E-state index contributed by atoms with van der Waals surface area (Å²) in [5, 5.41) is 6.13. The first-order valence-corrected chi connectivity index (χ1v) is 6.55. The highest BCUT2D eigenvalue weighted by Crippen LogP contribution is 2.28. The predicted molar refractivity (Wildman–Crippen MR) is 78.4 cm³/mol. The maximum absolute atomic E-state index is 13.3. The van der Waals surface area contributed by atoms with E-state index in [1.165, 1.54) is 12.1 Å². The molecule has 0 spiro atoms. The minimum absolute atomic E-state index is 0.303. The van der Waals surface area contributed by atoms with Gasteiger partial charge in [-0.15, -0.1) is 0 Å². The van der Waals surface area contributed by atoms with Gasteiger partial charge in [0.15, 0.2) is 0 Å². The average molecular weight is 325 g/mol. The first-order valence-electron chi connectivity index (χ1n) is 5.76. The van der Waals surface area contributed by atoms with Crippen molar-refractivity contribution in [1.82, 2.24) is 9.97 Å². The zero-order chi connectivity index (χ0) is 14.0. The molecule has 0 bridgehead atoms. The van der Waals surface area contributed by atoms with Crippen molar-refractivity contribution in [2.45, 2.75) is 13.8 Å². The van der Waals surface area contributed by atoms with Crippen LogP contribution in [0.4, 0.5) is 21.7 Å². The lowest BCUT2D eigenvalue weighted by atomic mass is 10.2. The molecule has 0 unspecified atom stereocenters. The Bertz CT molecular complexity index is 616. The van der Waals surface area contributed by atoms with E-state index in [9.17, 15) is 4.39 Å². The van der Waals surface area contributed by atoms with Gasteiger partial charge in [0.05, 0.1) is 5.69 Å². The first-order chi connectivity index (χ1) is 9.01. The number of aromatic nitrogens is 2. The van der Waals surface area contributed by atoms with Crippen LogP contribution >= 0.6 is 15.9 Å². The number of hydrogen-bond donors (Lipinski definition) is 2. The molecule has 2 N–H and O–H groups in total. The van der Waals surface area contributed by atoms with Crippen molar-refractivity contribution < 1.29 is 4.39 Å². The van der Waals surface area contributed by atoms with Gasteiger partial charge in [-0.25, -0.2) is 14.4 Å². The Balaban J connectivity index is 2.43. The van der Waals surface area contributed by atoms with Crippen LogP contribution in [0, 0.1) is 19.7 Å². The third-order valence-electron chi connectivity index (χ3n) is 2.68. The quantitative estimate of drug-likeness (QED) is 0.902. The van der Waals surface area contributed by atoms with Crippen LogP contribution in [0.2, 0.25) is 0 Å². The van der Waals surface area contributed by atoms with Crippen LogP contribution in [0.3, 0.4) is 0 Å². The van der Waals surface area contributed by atoms with E-state index in [0.29, 0.717) is 17.3 Å². The van der Waals surface area contributed by atoms with Crippen LogP contribution in [0.15, 0.2) is 22.7 Å². The molecule has 4 nitrogen and oxygen atoms in total. The molecule has 0 saturated carbocycles. The molecule has 0 amide bonds. The minimum atomic E-state index is -0.303. The summed E-state index contributed by atoms with van der Waals surface area (Å²) < 4.78 is 14.0. The Labute approximate surface area is 119 Å². The second-order valence-corrected chi connectivity index (χ2v) is 4.95. The summed E-state index contributed by atoms with van der Waals surface area (Å²) in [7, 11) is 1.80. The fourth-order valence-electron chi connectivity index (χ4n) is 1.71. The van der Waals surface area contributed by atoms with E-state index in [-0.39, 0.29) is 5.82 Å². The first kappa shape index (κ1) is 13.7. The van der Waals surface area contributed by atoms with Gasteiger partial charge in [-0.05, 0) is 48.0 Å². The summed E-state index contributed by atoms with van der Waals surface area (Å²) in [6.07, 6.45) is 0. The average Bonchev–Trinajstić information content (AvgIpc) is 2.37. The summed E-state index contributed by atoms with van der Waals surface area (Å²) in [6, 6.07) is 4.46. The van der Waals surface area contributed by atoms with Gasteiger partial charge in [-0.3, -0.25) is 0 Å². The summed E-state index contributed by atoms with van der Waals surface area (Å²) in [4.78, 5) is 8.63. The van der Waals surface area contributed by atoms with Gasteiger partial charge in [0, 0.05) is 17.1 Å². The lowest BCUT2D eigenvalue weighted by Gasteiger charge is -2.13. The Morgan fingerprint density at radius 1 is 1.16 bits per heavy atom. The molecular formula is C13H14BrFN4. The van der Waals surface area contributed by atoms with Crippen LogP contribution < -0.4 is 10.6 Å². The Hall–Kier alpha value is -1.69. The van der Waals surface area contributed by atoms with Crippen LogP contribution in [0.1, 0.15) is 11.4 Å². The van der Waals surface area contributed by atoms with Gasteiger partial charge in [0.2, 0.25) is 0 Å². The van der Waals surface area contributed by atoms with E-state index in [1.54, 1.807) is 13.1 Å². The van der Waals surface area contributed by atoms with Gasteiger partial charge in [0.1, 0.15) is 23.3 Å². The molecule has 0 fully saturated rings. The van der Waals surface area contributed by atoms with E-state index in [1.807, 2.05) is 13.8 Å². The zero-order valence-corrected chi connectivity index (χ0v) is 12.5. The highest BCUT2D eigenvalue weighted by atomic mass is 79.9. The number of aryl methyl sites for hydroxylation is 1. The predicted octanol–water partition coefficient (Wildman–Crippen LogP) is 3.78. The Morgan fingerprint density at radius 3 is 2.53 bits per heavy atom. The fraction of sp³-hybridized carbons (Fsp3) is 0.231. The summed E-state index contributed by atoms with van der Waals surface area (Å²) in [5.74, 6) is 1.75. The standard InChI is InChI=1S/C13H14BrFN4/c1-7-12(16-3)17-8(2)18-13(7)19-11-6-9(15)4-5-10(11)14/h4-6H,1-3H3,(H2,16,17,18,19). The molecule has 1 aromatic carbocycles. The van der Waals surface area contributed by atoms with Gasteiger partial charge in [-0.2, -0.15) is 0 Å². The molecular weight excluding hydrogens is 311 g/mol. The van der Waals surface area contributed by atoms with Gasteiger partial charge in [-0.1, -0.05) is 0 Å². The number of hydrogen-bond acceptors (Lipinski definition) is 4. The molecule has 0 aliphatic heterocycles. The topological polar surface area (TPSA) is 49.8 Å². The van der Waals surface area contributed by atoms with E-state index >= 15 is 0 Å².